The zero-order chi connectivity index (χ0) is 13.2. The predicted molar refractivity (Wildman–Crippen MR) is 72.3 cm³/mol. The van der Waals surface area contributed by atoms with Crippen LogP contribution in [-0.2, 0) is 6.42 Å². The Bertz CT molecular complexity index is 391. The molecule has 0 bridgehead atoms. The fraction of sp³-hybridized carbons (Fsp3) is 0.600. The highest BCUT2D eigenvalue weighted by Crippen LogP contribution is 2.37. The van der Waals surface area contributed by atoms with Gasteiger partial charge in [-0.2, -0.15) is 0 Å². The van der Waals surface area contributed by atoms with Crippen LogP contribution in [0.15, 0.2) is 18.2 Å². The lowest BCUT2D eigenvalue weighted by molar-refractivity contribution is -0.00983. The summed E-state index contributed by atoms with van der Waals surface area (Å²) in [5.74, 6) is 0.398. The van der Waals surface area contributed by atoms with Gasteiger partial charge >= 0.3 is 0 Å². The van der Waals surface area contributed by atoms with Gasteiger partial charge < -0.3 is 5.11 Å². The quantitative estimate of drug-likeness (QED) is 0.866. The zero-order valence-corrected chi connectivity index (χ0v) is 11.5. The van der Waals surface area contributed by atoms with Crippen LogP contribution < -0.4 is 0 Å². The summed E-state index contributed by atoms with van der Waals surface area (Å²) in [4.78, 5) is 0. The van der Waals surface area contributed by atoms with E-state index in [4.69, 9.17) is 11.6 Å². The van der Waals surface area contributed by atoms with E-state index >= 15 is 0 Å². The smallest absolute Gasteiger partial charge is 0.127 e. The molecule has 18 heavy (non-hydrogen) atoms. The Morgan fingerprint density at radius 3 is 2.61 bits per heavy atom. The minimum Gasteiger partial charge on any atom is -0.390 e. The van der Waals surface area contributed by atoms with Crippen molar-refractivity contribution in [3.63, 3.8) is 0 Å². The van der Waals surface area contributed by atoms with Crippen molar-refractivity contribution in [2.24, 2.45) is 5.92 Å². The van der Waals surface area contributed by atoms with E-state index in [1.165, 1.54) is 6.07 Å². The maximum absolute atomic E-state index is 13.7. The summed E-state index contributed by atoms with van der Waals surface area (Å²) >= 11 is 6.02. The van der Waals surface area contributed by atoms with E-state index in [9.17, 15) is 9.50 Å². The number of aliphatic hydroxyl groups is 1. The molecule has 0 spiro atoms. The summed E-state index contributed by atoms with van der Waals surface area (Å²) in [5.41, 5.74) is -0.325. The molecule has 2 rings (SSSR count). The van der Waals surface area contributed by atoms with Gasteiger partial charge in [0.05, 0.1) is 5.60 Å². The summed E-state index contributed by atoms with van der Waals surface area (Å²) in [6.07, 6.45) is 5.04. The number of rotatable bonds is 3. The van der Waals surface area contributed by atoms with E-state index in [0.29, 0.717) is 22.9 Å². The normalized spacial score (nSPS) is 28.3. The lowest BCUT2D eigenvalue weighted by Gasteiger charge is -2.36. The molecular formula is C15H20ClFO. The molecule has 1 aromatic carbocycles. The molecule has 0 atom stereocenters. The maximum Gasteiger partial charge on any atom is 0.127 e. The average molecular weight is 271 g/mol. The minimum absolute atomic E-state index is 0.312. The SMILES string of the molecule is CCC1CCC(O)(Cc2c(F)cccc2Cl)CC1. The van der Waals surface area contributed by atoms with Gasteiger partial charge in [0.1, 0.15) is 5.82 Å². The van der Waals surface area contributed by atoms with Crippen molar-refractivity contribution in [2.75, 3.05) is 0 Å². The highest BCUT2D eigenvalue weighted by Gasteiger charge is 2.33. The third-order valence-corrected chi connectivity index (χ3v) is 4.53. The second kappa shape index (κ2) is 5.58. The molecule has 0 aromatic heterocycles. The van der Waals surface area contributed by atoms with Crippen LogP contribution in [0.4, 0.5) is 4.39 Å². The van der Waals surface area contributed by atoms with Crippen LogP contribution in [0.5, 0.6) is 0 Å². The van der Waals surface area contributed by atoms with E-state index in [-0.39, 0.29) is 5.82 Å². The van der Waals surface area contributed by atoms with Gasteiger partial charge in [-0.15, -0.1) is 0 Å². The van der Waals surface area contributed by atoms with E-state index in [2.05, 4.69) is 6.92 Å². The Morgan fingerprint density at radius 2 is 2.06 bits per heavy atom. The number of hydrogen-bond acceptors (Lipinski definition) is 1. The van der Waals surface area contributed by atoms with Crippen LogP contribution in [-0.4, -0.2) is 10.7 Å². The van der Waals surface area contributed by atoms with Gasteiger partial charge in [-0.3, -0.25) is 0 Å². The molecule has 0 aliphatic heterocycles. The molecule has 0 amide bonds. The van der Waals surface area contributed by atoms with Crippen molar-refractivity contribution >= 4 is 11.6 Å². The third kappa shape index (κ3) is 3.04. The summed E-state index contributed by atoms with van der Waals surface area (Å²) in [6.45, 7) is 2.18. The van der Waals surface area contributed by atoms with E-state index in [1.54, 1.807) is 12.1 Å². The molecule has 1 aliphatic rings. The van der Waals surface area contributed by atoms with Crippen molar-refractivity contribution in [1.82, 2.24) is 0 Å². The molecule has 100 valence electrons. The predicted octanol–water partition coefficient (Wildman–Crippen LogP) is 4.35. The van der Waals surface area contributed by atoms with Crippen LogP contribution in [0, 0.1) is 11.7 Å². The number of benzene rings is 1. The molecule has 0 radical (unpaired) electrons. The first-order chi connectivity index (χ1) is 8.54. The Hall–Kier alpha value is -0.600. The summed E-state index contributed by atoms with van der Waals surface area (Å²) < 4.78 is 13.7. The second-order valence-corrected chi connectivity index (χ2v) is 5.86. The highest BCUT2D eigenvalue weighted by atomic mass is 35.5. The molecule has 1 nitrogen and oxygen atoms in total. The van der Waals surface area contributed by atoms with Gasteiger partial charge in [0.2, 0.25) is 0 Å². The molecular weight excluding hydrogens is 251 g/mol. The first kappa shape index (κ1) is 13.8. The lowest BCUT2D eigenvalue weighted by Crippen LogP contribution is -2.36. The van der Waals surface area contributed by atoms with Crippen molar-refractivity contribution in [3.8, 4) is 0 Å². The third-order valence-electron chi connectivity index (χ3n) is 4.18. The second-order valence-electron chi connectivity index (χ2n) is 5.45. The van der Waals surface area contributed by atoms with Crippen molar-refractivity contribution in [2.45, 2.75) is 51.0 Å². The summed E-state index contributed by atoms with van der Waals surface area (Å²) in [5, 5.41) is 11.0. The van der Waals surface area contributed by atoms with Crippen LogP contribution in [0.2, 0.25) is 5.02 Å². The molecule has 0 unspecified atom stereocenters. The van der Waals surface area contributed by atoms with Crippen LogP contribution in [0.1, 0.15) is 44.6 Å². The zero-order valence-electron chi connectivity index (χ0n) is 10.8. The molecule has 1 N–H and O–H groups in total. The number of halogens is 2. The van der Waals surface area contributed by atoms with Crippen molar-refractivity contribution < 1.29 is 9.50 Å². The highest BCUT2D eigenvalue weighted by molar-refractivity contribution is 6.31. The molecule has 1 fully saturated rings. The standard InChI is InChI=1S/C15H20ClFO/c1-2-11-6-8-15(18,9-7-11)10-12-13(16)4-3-5-14(12)17/h3-5,11,18H,2,6-10H2,1H3. The first-order valence-electron chi connectivity index (χ1n) is 6.69. The largest absolute Gasteiger partial charge is 0.390 e. The molecule has 1 saturated carbocycles. The van der Waals surface area contributed by atoms with Crippen molar-refractivity contribution in [3.05, 3.63) is 34.6 Å². The Kier molecular flexibility index (Phi) is 4.29. The van der Waals surface area contributed by atoms with Gasteiger partial charge in [-0.05, 0) is 43.7 Å². The maximum atomic E-state index is 13.7. The van der Waals surface area contributed by atoms with Crippen LogP contribution in [0.3, 0.4) is 0 Å². The van der Waals surface area contributed by atoms with Gasteiger partial charge in [0, 0.05) is 17.0 Å². The monoisotopic (exact) mass is 270 g/mol. The molecule has 1 aliphatic carbocycles. The van der Waals surface area contributed by atoms with Crippen LogP contribution in [0.25, 0.3) is 0 Å². The number of hydrogen-bond donors (Lipinski definition) is 1. The molecule has 0 saturated heterocycles. The first-order valence-corrected chi connectivity index (χ1v) is 7.07. The summed E-state index contributed by atoms with van der Waals surface area (Å²) in [7, 11) is 0. The van der Waals surface area contributed by atoms with E-state index in [1.807, 2.05) is 0 Å². The van der Waals surface area contributed by atoms with Crippen molar-refractivity contribution in [1.29, 1.82) is 0 Å². The van der Waals surface area contributed by atoms with Gasteiger partial charge in [-0.1, -0.05) is 31.0 Å². The fourth-order valence-electron chi connectivity index (χ4n) is 2.83. The summed E-state index contributed by atoms with van der Waals surface area (Å²) in [6, 6.07) is 4.68. The molecule has 0 heterocycles. The average Bonchev–Trinajstić information content (AvgIpc) is 2.35. The lowest BCUT2D eigenvalue weighted by atomic mass is 9.75. The van der Waals surface area contributed by atoms with Gasteiger partial charge in [0.15, 0.2) is 0 Å². The molecule has 1 aromatic rings. The van der Waals surface area contributed by atoms with E-state index in [0.717, 1.165) is 32.1 Å². The Morgan fingerprint density at radius 1 is 1.39 bits per heavy atom. The Balaban J connectivity index is 2.09. The molecule has 3 heteroatoms. The Labute approximate surface area is 113 Å². The fourth-order valence-corrected chi connectivity index (χ4v) is 3.06. The minimum atomic E-state index is -0.780. The van der Waals surface area contributed by atoms with Gasteiger partial charge in [0.25, 0.3) is 0 Å². The van der Waals surface area contributed by atoms with Crippen LogP contribution >= 0.6 is 11.6 Å². The topological polar surface area (TPSA) is 20.2 Å². The van der Waals surface area contributed by atoms with E-state index < -0.39 is 5.60 Å². The van der Waals surface area contributed by atoms with Gasteiger partial charge in [-0.25, -0.2) is 4.39 Å².